The summed E-state index contributed by atoms with van der Waals surface area (Å²) in [5, 5.41) is 10.4. The van der Waals surface area contributed by atoms with Crippen LogP contribution in [0.2, 0.25) is 0 Å². The average molecular weight is 347 g/mol. The lowest BCUT2D eigenvalue weighted by Gasteiger charge is -2.59. The fourth-order valence-corrected chi connectivity index (χ4v) is 8.91. The van der Waals surface area contributed by atoms with Crippen LogP contribution in [0.5, 0.6) is 0 Å². The molecule has 1 N–H and O–H groups in total. The lowest BCUT2D eigenvalue weighted by Crippen LogP contribution is -2.59. The van der Waals surface area contributed by atoms with Crippen molar-refractivity contribution in [1.82, 2.24) is 0 Å². The van der Waals surface area contributed by atoms with Crippen LogP contribution >= 0.6 is 0 Å². The van der Waals surface area contributed by atoms with Gasteiger partial charge in [0.15, 0.2) is 0 Å². The van der Waals surface area contributed by atoms with Crippen LogP contribution in [-0.4, -0.2) is 28.7 Å². The molecule has 0 radical (unpaired) electrons. The zero-order valence-corrected chi connectivity index (χ0v) is 16.3. The summed E-state index contributed by atoms with van der Waals surface area (Å²) in [7, 11) is 0. The molecule has 0 bridgehead atoms. The van der Waals surface area contributed by atoms with Crippen LogP contribution in [0, 0.1) is 40.4 Å². The molecule has 140 valence electrons. The third-order valence-corrected chi connectivity index (χ3v) is 9.84. The Hall–Kier alpha value is -0.410. The van der Waals surface area contributed by atoms with Crippen molar-refractivity contribution >= 4 is 5.78 Å². The zero-order chi connectivity index (χ0) is 17.8. The smallest absolute Gasteiger partial charge is 0.133 e. The van der Waals surface area contributed by atoms with Crippen molar-refractivity contribution in [2.75, 3.05) is 0 Å². The maximum absolute atomic E-state index is 12.4. The lowest BCUT2D eigenvalue weighted by molar-refractivity contribution is -0.136. The van der Waals surface area contributed by atoms with E-state index in [2.05, 4.69) is 20.8 Å². The molecule has 5 aliphatic rings. The van der Waals surface area contributed by atoms with Gasteiger partial charge in [-0.1, -0.05) is 20.8 Å². The predicted molar refractivity (Wildman–Crippen MR) is 95.9 cm³/mol. The van der Waals surface area contributed by atoms with E-state index in [1.54, 1.807) is 0 Å². The number of hydrogen-bond donors (Lipinski definition) is 1. The number of Topliss-reactive ketones (excluding diaryl/α,β-unsaturated/α-hetero) is 1. The number of epoxide rings is 1. The topological polar surface area (TPSA) is 49.8 Å². The highest BCUT2D eigenvalue weighted by molar-refractivity contribution is 5.79. The maximum Gasteiger partial charge on any atom is 0.133 e. The molecule has 0 unspecified atom stereocenters. The standard InChI is InChI=1S/C22H34O3/c1-12-9-17(13(2)23)20(3)7-6-16-15(19(12)20)10-18-22(25-18)8-5-14(24)11-21(16,22)4/h12,14-19,24H,5-11H2,1-4H3/t12-,14-,15+,16+,17-,18-,19-,20+,21+,22-/m0/s1. The van der Waals surface area contributed by atoms with E-state index in [1.807, 2.05) is 6.92 Å². The molecule has 4 aliphatic carbocycles. The fraction of sp³-hybridized carbons (Fsp3) is 0.955. The monoisotopic (exact) mass is 346 g/mol. The molecule has 3 heteroatoms. The molecule has 5 rings (SSSR count). The third kappa shape index (κ3) is 1.87. The molecule has 5 fully saturated rings. The minimum atomic E-state index is -0.154. The number of aliphatic hydroxyl groups is 1. The highest BCUT2D eigenvalue weighted by atomic mass is 16.6. The van der Waals surface area contributed by atoms with Gasteiger partial charge in [-0.2, -0.15) is 0 Å². The fourth-order valence-electron chi connectivity index (χ4n) is 8.91. The van der Waals surface area contributed by atoms with Gasteiger partial charge < -0.3 is 9.84 Å². The van der Waals surface area contributed by atoms with Crippen LogP contribution in [0.15, 0.2) is 0 Å². The molecule has 1 heterocycles. The van der Waals surface area contributed by atoms with Crippen LogP contribution < -0.4 is 0 Å². The Morgan fingerprint density at radius 1 is 1.16 bits per heavy atom. The van der Waals surface area contributed by atoms with E-state index in [9.17, 15) is 9.90 Å². The van der Waals surface area contributed by atoms with Crippen molar-refractivity contribution in [3.8, 4) is 0 Å². The Bertz CT molecular complexity index is 616. The summed E-state index contributed by atoms with van der Waals surface area (Å²) in [4.78, 5) is 12.4. The number of ether oxygens (including phenoxy) is 1. The Morgan fingerprint density at radius 3 is 2.64 bits per heavy atom. The first-order chi connectivity index (χ1) is 11.7. The van der Waals surface area contributed by atoms with Gasteiger partial charge in [-0.05, 0) is 81.0 Å². The molecule has 0 amide bonds. The number of ketones is 1. The summed E-state index contributed by atoms with van der Waals surface area (Å²) < 4.78 is 6.43. The molecule has 1 saturated heterocycles. The minimum Gasteiger partial charge on any atom is -0.393 e. The van der Waals surface area contributed by atoms with Crippen molar-refractivity contribution in [2.24, 2.45) is 40.4 Å². The maximum atomic E-state index is 12.4. The van der Waals surface area contributed by atoms with E-state index in [1.165, 1.54) is 19.3 Å². The van der Waals surface area contributed by atoms with Gasteiger partial charge in [-0.15, -0.1) is 0 Å². The van der Waals surface area contributed by atoms with Crippen LogP contribution in [-0.2, 0) is 9.53 Å². The Balaban J connectivity index is 1.53. The first-order valence-electron chi connectivity index (χ1n) is 10.6. The number of fused-ring (bicyclic) bond motifs is 4. The molecular weight excluding hydrogens is 312 g/mol. The SMILES string of the molecule is CC(=O)[C@@H]1C[C@H](C)[C@H]2[C@@H]3C[C@@H]4O[C@@]45CC[C@H](O)C[C@]5(C)[C@@H]3CC[C@@]21C. The van der Waals surface area contributed by atoms with E-state index < -0.39 is 0 Å². The van der Waals surface area contributed by atoms with Gasteiger partial charge >= 0.3 is 0 Å². The third-order valence-electron chi connectivity index (χ3n) is 9.84. The van der Waals surface area contributed by atoms with E-state index in [-0.39, 0.29) is 28.5 Å². The first-order valence-corrected chi connectivity index (χ1v) is 10.6. The van der Waals surface area contributed by atoms with Crippen molar-refractivity contribution in [3.05, 3.63) is 0 Å². The molecule has 0 aromatic heterocycles. The molecule has 25 heavy (non-hydrogen) atoms. The second-order valence-electron chi connectivity index (χ2n) is 10.8. The zero-order valence-electron chi connectivity index (χ0n) is 16.3. The van der Waals surface area contributed by atoms with E-state index in [0.29, 0.717) is 35.6 Å². The normalized spacial score (nSPS) is 62.4. The van der Waals surface area contributed by atoms with E-state index in [0.717, 1.165) is 25.7 Å². The summed E-state index contributed by atoms with van der Waals surface area (Å²) in [6.45, 7) is 9.04. The number of rotatable bonds is 1. The Labute approximate surface area is 151 Å². The number of hydrogen-bond acceptors (Lipinski definition) is 3. The van der Waals surface area contributed by atoms with Gasteiger partial charge in [0, 0.05) is 11.3 Å². The van der Waals surface area contributed by atoms with E-state index >= 15 is 0 Å². The molecule has 4 saturated carbocycles. The summed E-state index contributed by atoms with van der Waals surface area (Å²) in [6, 6.07) is 0. The lowest BCUT2D eigenvalue weighted by atomic mass is 9.44. The second-order valence-corrected chi connectivity index (χ2v) is 10.8. The minimum absolute atomic E-state index is 0.0724. The molecule has 0 aromatic carbocycles. The summed E-state index contributed by atoms with van der Waals surface area (Å²) in [5.41, 5.74) is 0.390. The van der Waals surface area contributed by atoms with Crippen LogP contribution in [0.25, 0.3) is 0 Å². The Morgan fingerprint density at radius 2 is 1.92 bits per heavy atom. The van der Waals surface area contributed by atoms with Crippen molar-refractivity contribution in [2.45, 2.75) is 90.4 Å². The number of aliphatic hydroxyl groups excluding tert-OH is 1. The first kappa shape index (κ1) is 16.7. The molecule has 10 atom stereocenters. The van der Waals surface area contributed by atoms with E-state index in [4.69, 9.17) is 4.74 Å². The van der Waals surface area contributed by atoms with Crippen LogP contribution in [0.1, 0.15) is 72.6 Å². The summed E-state index contributed by atoms with van der Waals surface area (Å²) in [5.74, 6) is 3.28. The summed E-state index contributed by atoms with van der Waals surface area (Å²) >= 11 is 0. The quantitative estimate of drug-likeness (QED) is 0.731. The van der Waals surface area contributed by atoms with Gasteiger partial charge in [0.25, 0.3) is 0 Å². The average Bonchev–Trinajstić information content (AvgIpc) is 3.16. The highest BCUT2D eigenvalue weighted by Gasteiger charge is 2.76. The van der Waals surface area contributed by atoms with Crippen LogP contribution in [0.3, 0.4) is 0 Å². The van der Waals surface area contributed by atoms with Crippen LogP contribution in [0.4, 0.5) is 0 Å². The second kappa shape index (κ2) is 4.90. The van der Waals surface area contributed by atoms with Crippen molar-refractivity contribution in [1.29, 1.82) is 0 Å². The molecule has 1 aliphatic heterocycles. The summed E-state index contributed by atoms with van der Waals surface area (Å²) in [6.07, 6.45) is 7.81. The van der Waals surface area contributed by atoms with Crippen molar-refractivity contribution < 1.29 is 14.6 Å². The number of carbonyl (C=O) groups is 1. The predicted octanol–water partition coefficient (Wildman–Crippen LogP) is 3.97. The van der Waals surface area contributed by atoms with Gasteiger partial charge in [-0.3, -0.25) is 4.79 Å². The van der Waals surface area contributed by atoms with Gasteiger partial charge in [0.1, 0.15) is 11.4 Å². The van der Waals surface area contributed by atoms with Crippen molar-refractivity contribution in [3.63, 3.8) is 0 Å². The molecule has 3 nitrogen and oxygen atoms in total. The van der Waals surface area contributed by atoms with Gasteiger partial charge in [0.05, 0.1) is 12.2 Å². The number of carbonyl (C=O) groups excluding carboxylic acids is 1. The highest BCUT2D eigenvalue weighted by Crippen LogP contribution is 2.74. The Kier molecular flexibility index (Phi) is 3.28. The largest absolute Gasteiger partial charge is 0.393 e. The molecule has 0 aromatic rings. The molecule has 1 spiro atoms. The van der Waals surface area contributed by atoms with Gasteiger partial charge in [-0.25, -0.2) is 0 Å². The molecular formula is C22H34O3. The van der Waals surface area contributed by atoms with Gasteiger partial charge in [0.2, 0.25) is 0 Å².